The summed E-state index contributed by atoms with van der Waals surface area (Å²) < 4.78 is 0. The van der Waals surface area contributed by atoms with Crippen LogP contribution in [0.1, 0.15) is 24.2 Å². The fourth-order valence-corrected chi connectivity index (χ4v) is 1.67. The second kappa shape index (κ2) is 4.69. The van der Waals surface area contributed by atoms with Gasteiger partial charge in [-0.1, -0.05) is 0 Å². The molecule has 1 aromatic rings. The van der Waals surface area contributed by atoms with Crippen LogP contribution in [-0.4, -0.2) is 35.5 Å². The first kappa shape index (κ1) is 11.8. The number of rotatable bonds is 4. The number of hydrogen-bond acceptors (Lipinski definition) is 4. The molecule has 1 amide bonds. The molecule has 0 spiro atoms. The molecule has 0 aromatic carbocycles. The monoisotopic (exact) mass is 234 g/mol. The zero-order valence-electron chi connectivity index (χ0n) is 10.5. The maximum absolute atomic E-state index is 11.6. The molecule has 5 heteroatoms. The van der Waals surface area contributed by atoms with Crippen molar-refractivity contribution < 1.29 is 4.79 Å². The molecule has 1 aliphatic rings. The van der Waals surface area contributed by atoms with Crippen LogP contribution >= 0.6 is 0 Å². The Morgan fingerprint density at radius 3 is 2.53 bits per heavy atom. The van der Waals surface area contributed by atoms with Crippen LogP contribution in [0, 0.1) is 13.8 Å². The third-order valence-electron chi connectivity index (χ3n) is 2.64. The van der Waals surface area contributed by atoms with Gasteiger partial charge in [-0.3, -0.25) is 4.79 Å². The van der Waals surface area contributed by atoms with Crippen molar-refractivity contribution in [1.29, 1.82) is 0 Å². The van der Waals surface area contributed by atoms with Crippen LogP contribution in [0.3, 0.4) is 0 Å². The van der Waals surface area contributed by atoms with E-state index in [9.17, 15) is 4.79 Å². The second-order valence-corrected chi connectivity index (χ2v) is 4.65. The van der Waals surface area contributed by atoms with Gasteiger partial charge in [0.05, 0.1) is 6.54 Å². The van der Waals surface area contributed by atoms with Crippen LogP contribution in [0.4, 0.5) is 5.95 Å². The predicted octanol–water partition coefficient (Wildman–Crippen LogP) is 0.808. The molecule has 92 valence electrons. The molecule has 5 nitrogen and oxygen atoms in total. The highest BCUT2D eigenvalue weighted by molar-refractivity contribution is 5.81. The summed E-state index contributed by atoms with van der Waals surface area (Å²) in [5, 5.41) is 2.95. The lowest BCUT2D eigenvalue weighted by Gasteiger charge is -2.17. The van der Waals surface area contributed by atoms with Gasteiger partial charge in [-0.05, 0) is 32.8 Å². The first-order valence-corrected chi connectivity index (χ1v) is 5.87. The van der Waals surface area contributed by atoms with Gasteiger partial charge in [0.25, 0.3) is 0 Å². The minimum atomic E-state index is 0.0396. The molecule has 0 saturated heterocycles. The Morgan fingerprint density at radius 2 is 2.00 bits per heavy atom. The standard InChI is InChI=1S/C12H18N4O/c1-8-6-9(2)14-12(13-8)16(3)7-11(17)15-10-4-5-10/h6,10H,4-5,7H2,1-3H3,(H,15,17). The molecular weight excluding hydrogens is 216 g/mol. The van der Waals surface area contributed by atoms with E-state index in [2.05, 4.69) is 15.3 Å². The number of nitrogens with one attached hydrogen (secondary N) is 1. The SMILES string of the molecule is Cc1cc(C)nc(N(C)CC(=O)NC2CC2)n1. The second-order valence-electron chi connectivity index (χ2n) is 4.65. The highest BCUT2D eigenvalue weighted by atomic mass is 16.2. The highest BCUT2D eigenvalue weighted by Gasteiger charge is 2.23. The van der Waals surface area contributed by atoms with E-state index in [-0.39, 0.29) is 5.91 Å². The Kier molecular flexibility index (Phi) is 3.26. The number of anilines is 1. The van der Waals surface area contributed by atoms with Gasteiger partial charge in [0, 0.05) is 24.5 Å². The third-order valence-corrected chi connectivity index (χ3v) is 2.64. The zero-order chi connectivity index (χ0) is 12.4. The molecule has 17 heavy (non-hydrogen) atoms. The van der Waals surface area contributed by atoms with Crippen LogP contribution in [-0.2, 0) is 4.79 Å². The van der Waals surface area contributed by atoms with Gasteiger partial charge in [-0.25, -0.2) is 9.97 Å². The molecular formula is C12H18N4O. The van der Waals surface area contributed by atoms with Gasteiger partial charge in [-0.15, -0.1) is 0 Å². The zero-order valence-corrected chi connectivity index (χ0v) is 10.5. The molecule has 0 unspecified atom stereocenters. The smallest absolute Gasteiger partial charge is 0.239 e. The molecule has 1 heterocycles. The summed E-state index contributed by atoms with van der Waals surface area (Å²) >= 11 is 0. The summed E-state index contributed by atoms with van der Waals surface area (Å²) in [7, 11) is 1.83. The largest absolute Gasteiger partial charge is 0.352 e. The van der Waals surface area contributed by atoms with Crippen molar-refractivity contribution in [2.75, 3.05) is 18.5 Å². The lowest BCUT2D eigenvalue weighted by atomic mass is 10.3. The Bertz CT molecular complexity index is 408. The average Bonchev–Trinajstić information content (AvgIpc) is 2.99. The summed E-state index contributed by atoms with van der Waals surface area (Å²) in [5.41, 5.74) is 1.84. The minimum Gasteiger partial charge on any atom is -0.352 e. The molecule has 1 aliphatic carbocycles. The first-order chi connectivity index (χ1) is 8.04. The molecule has 0 atom stereocenters. The van der Waals surface area contributed by atoms with E-state index in [0.717, 1.165) is 24.2 Å². The summed E-state index contributed by atoms with van der Waals surface area (Å²) in [5.74, 6) is 0.645. The summed E-state index contributed by atoms with van der Waals surface area (Å²) in [6.45, 7) is 4.16. The normalized spacial score (nSPS) is 14.5. The first-order valence-electron chi connectivity index (χ1n) is 5.87. The lowest BCUT2D eigenvalue weighted by Crippen LogP contribution is -2.37. The Hall–Kier alpha value is -1.65. The van der Waals surface area contributed by atoms with Crippen molar-refractivity contribution in [3.05, 3.63) is 17.5 Å². The van der Waals surface area contributed by atoms with E-state index < -0.39 is 0 Å². The molecule has 0 radical (unpaired) electrons. The summed E-state index contributed by atoms with van der Waals surface area (Å²) in [4.78, 5) is 22.0. The Labute approximate surface area is 101 Å². The van der Waals surface area contributed by atoms with Gasteiger partial charge < -0.3 is 10.2 Å². The number of carbonyl (C=O) groups is 1. The fourth-order valence-electron chi connectivity index (χ4n) is 1.67. The maximum atomic E-state index is 11.6. The van der Waals surface area contributed by atoms with Crippen molar-refractivity contribution in [3.63, 3.8) is 0 Å². The highest BCUT2D eigenvalue weighted by Crippen LogP contribution is 2.18. The van der Waals surface area contributed by atoms with Crippen LogP contribution in [0.15, 0.2) is 6.07 Å². The number of hydrogen-bond donors (Lipinski definition) is 1. The van der Waals surface area contributed by atoms with E-state index in [0.29, 0.717) is 18.5 Å². The molecule has 1 fully saturated rings. The third kappa shape index (κ3) is 3.41. The molecule has 1 N–H and O–H groups in total. The maximum Gasteiger partial charge on any atom is 0.239 e. The van der Waals surface area contributed by atoms with Crippen LogP contribution in [0.25, 0.3) is 0 Å². The summed E-state index contributed by atoms with van der Waals surface area (Å²) in [6, 6.07) is 2.32. The van der Waals surface area contributed by atoms with Crippen LogP contribution in [0.2, 0.25) is 0 Å². The summed E-state index contributed by atoms with van der Waals surface area (Å²) in [6.07, 6.45) is 2.21. The lowest BCUT2D eigenvalue weighted by molar-refractivity contribution is -0.119. The number of aromatic nitrogens is 2. The van der Waals surface area contributed by atoms with Crippen molar-refractivity contribution in [3.8, 4) is 0 Å². The molecule has 1 saturated carbocycles. The van der Waals surface area contributed by atoms with Gasteiger partial charge in [-0.2, -0.15) is 0 Å². The van der Waals surface area contributed by atoms with Gasteiger partial charge in [0.15, 0.2) is 0 Å². The van der Waals surface area contributed by atoms with E-state index in [1.807, 2.05) is 27.0 Å². The van der Waals surface area contributed by atoms with Crippen LogP contribution < -0.4 is 10.2 Å². The molecule has 0 bridgehead atoms. The topological polar surface area (TPSA) is 58.1 Å². The quantitative estimate of drug-likeness (QED) is 0.837. The van der Waals surface area contributed by atoms with Crippen molar-refractivity contribution in [2.24, 2.45) is 0 Å². The molecule has 2 rings (SSSR count). The van der Waals surface area contributed by atoms with E-state index >= 15 is 0 Å². The number of nitrogens with zero attached hydrogens (tertiary/aromatic N) is 3. The van der Waals surface area contributed by atoms with Crippen LogP contribution in [0.5, 0.6) is 0 Å². The predicted molar refractivity (Wildman–Crippen MR) is 65.9 cm³/mol. The number of aryl methyl sites for hydroxylation is 2. The number of carbonyl (C=O) groups excluding carboxylic acids is 1. The van der Waals surface area contributed by atoms with E-state index in [1.54, 1.807) is 4.90 Å². The average molecular weight is 234 g/mol. The van der Waals surface area contributed by atoms with Gasteiger partial charge in [0.1, 0.15) is 0 Å². The number of amides is 1. The Morgan fingerprint density at radius 1 is 1.41 bits per heavy atom. The van der Waals surface area contributed by atoms with Crippen molar-refractivity contribution in [2.45, 2.75) is 32.7 Å². The Balaban J connectivity index is 1.97. The minimum absolute atomic E-state index is 0.0396. The van der Waals surface area contributed by atoms with E-state index in [1.165, 1.54) is 0 Å². The molecule has 1 aromatic heterocycles. The van der Waals surface area contributed by atoms with Gasteiger partial charge >= 0.3 is 0 Å². The van der Waals surface area contributed by atoms with Crippen molar-refractivity contribution >= 4 is 11.9 Å². The van der Waals surface area contributed by atoms with Gasteiger partial charge in [0.2, 0.25) is 11.9 Å². The fraction of sp³-hybridized carbons (Fsp3) is 0.583. The van der Waals surface area contributed by atoms with Crippen molar-refractivity contribution in [1.82, 2.24) is 15.3 Å². The number of likely N-dealkylation sites (N-methyl/N-ethyl adjacent to an activating group) is 1. The molecule has 0 aliphatic heterocycles. The van der Waals surface area contributed by atoms with E-state index in [4.69, 9.17) is 0 Å².